The van der Waals surface area contributed by atoms with Crippen molar-refractivity contribution in [2.75, 3.05) is 0 Å². The van der Waals surface area contributed by atoms with Gasteiger partial charge in [-0.2, -0.15) is 0 Å². The number of furan rings is 1. The van der Waals surface area contributed by atoms with E-state index in [9.17, 15) is 19.5 Å². The number of carbonyl (C=O) groups is 3. The maximum Gasteiger partial charge on any atom is 0.146 e. The summed E-state index contributed by atoms with van der Waals surface area (Å²) in [4.78, 5) is 36.0. The Hall–Kier alpha value is -1.75. The van der Waals surface area contributed by atoms with Gasteiger partial charge in [0.1, 0.15) is 23.1 Å². The molecule has 2 rings (SSSR count). The minimum absolute atomic E-state index is 0.196. The third-order valence-electron chi connectivity index (χ3n) is 4.01. The van der Waals surface area contributed by atoms with Crippen molar-refractivity contribution in [2.24, 2.45) is 11.8 Å². The van der Waals surface area contributed by atoms with Crippen LogP contribution in [0.2, 0.25) is 0 Å². The molecule has 4 atom stereocenters. The second-order valence-corrected chi connectivity index (χ2v) is 5.72. The Morgan fingerprint density at radius 1 is 1.35 bits per heavy atom. The van der Waals surface area contributed by atoms with Crippen LogP contribution in [-0.4, -0.2) is 28.1 Å². The van der Waals surface area contributed by atoms with Crippen LogP contribution >= 0.6 is 0 Å². The highest BCUT2D eigenvalue weighted by Gasteiger charge is 2.54. The van der Waals surface area contributed by atoms with Crippen molar-refractivity contribution < 1.29 is 23.9 Å². The lowest BCUT2D eigenvalue weighted by Gasteiger charge is -2.43. The van der Waals surface area contributed by atoms with Gasteiger partial charge in [-0.15, -0.1) is 0 Å². The molecule has 1 aliphatic rings. The highest BCUT2D eigenvalue weighted by Crippen LogP contribution is 2.46. The zero-order valence-electron chi connectivity index (χ0n) is 11.8. The topological polar surface area (TPSA) is 84.6 Å². The molecule has 0 saturated heterocycles. The largest absolute Gasteiger partial charge is 0.469 e. The Morgan fingerprint density at radius 3 is 2.45 bits per heavy atom. The first kappa shape index (κ1) is 14.7. The van der Waals surface area contributed by atoms with E-state index >= 15 is 0 Å². The van der Waals surface area contributed by atoms with E-state index in [0.29, 0.717) is 5.76 Å². The molecule has 1 aliphatic carbocycles. The molecule has 1 aromatic heterocycles. The summed E-state index contributed by atoms with van der Waals surface area (Å²) in [7, 11) is 0. The number of carbonyl (C=O) groups excluding carboxylic acids is 3. The van der Waals surface area contributed by atoms with Gasteiger partial charge >= 0.3 is 0 Å². The molecule has 0 aliphatic heterocycles. The maximum absolute atomic E-state index is 12.2. The fourth-order valence-corrected chi connectivity index (χ4v) is 3.33. The smallest absolute Gasteiger partial charge is 0.146 e. The van der Waals surface area contributed by atoms with Crippen molar-refractivity contribution in [1.29, 1.82) is 0 Å². The number of aliphatic hydroxyl groups is 1. The molecular weight excluding hydrogens is 260 g/mol. The Morgan fingerprint density at radius 2 is 2.00 bits per heavy atom. The quantitative estimate of drug-likeness (QED) is 0.847. The van der Waals surface area contributed by atoms with E-state index < -0.39 is 23.4 Å². The van der Waals surface area contributed by atoms with Gasteiger partial charge in [0.2, 0.25) is 0 Å². The van der Waals surface area contributed by atoms with Gasteiger partial charge < -0.3 is 9.52 Å². The highest BCUT2D eigenvalue weighted by atomic mass is 16.3. The highest BCUT2D eigenvalue weighted by molar-refractivity contribution is 6.04. The van der Waals surface area contributed by atoms with Gasteiger partial charge in [-0.25, -0.2) is 0 Å². The molecule has 0 unspecified atom stereocenters. The molecule has 0 bridgehead atoms. The van der Waals surface area contributed by atoms with Crippen LogP contribution < -0.4 is 0 Å². The van der Waals surface area contributed by atoms with Gasteiger partial charge in [0.15, 0.2) is 0 Å². The molecule has 0 aromatic carbocycles. The average Bonchev–Trinajstić information content (AvgIpc) is 2.77. The van der Waals surface area contributed by atoms with E-state index in [-0.39, 0.29) is 23.8 Å². The van der Waals surface area contributed by atoms with Crippen molar-refractivity contribution in [3.05, 3.63) is 24.2 Å². The van der Waals surface area contributed by atoms with Crippen molar-refractivity contribution in [3.8, 4) is 0 Å². The van der Waals surface area contributed by atoms with Crippen LogP contribution in [-0.2, 0) is 14.4 Å². The van der Waals surface area contributed by atoms with Crippen LogP contribution in [0, 0.1) is 11.8 Å². The molecule has 108 valence electrons. The third-order valence-corrected chi connectivity index (χ3v) is 4.01. The molecule has 0 spiro atoms. The van der Waals surface area contributed by atoms with E-state index in [1.807, 2.05) is 0 Å². The van der Waals surface area contributed by atoms with Gasteiger partial charge in [-0.05, 0) is 32.9 Å². The van der Waals surface area contributed by atoms with Crippen molar-refractivity contribution in [1.82, 2.24) is 0 Å². The van der Waals surface area contributed by atoms with E-state index in [4.69, 9.17) is 4.42 Å². The number of hydrogen-bond donors (Lipinski definition) is 1. The van der Waals surface area contributed by atoms with Crippen molar-refractivity contribution in [3.63, 3.8) is 0 Å². The molecule has 1 heterocycles. The van der Waals surface area contributed by atoms with Crippen LogP contribution in [0.15, 0.2) is 22.8 Å². The normalized spacial score (nSPS) is 34.0. The fraction of sp³-hybridized carbons (Fsp3) is 0.533. The number of ketones is 3. The summed E-state index contributed by atoms with van der Waals surface area (Å²) >= 11 is 0. The summed E-state index contributed by atoms with van der Waals surface area (Å²) in [5.74, 6) is -3.03. The lowest BCUT2D eigenvalue weighted by Crippen LogP contribution is -2.53. The van der Waals surface area contributed by atoms with Gasteiger partial charge in [-0.3, -0.25) is 14.4 Å². The number of Topliss-reactive ketones (excluding diaryl/α,β-unsaturated/α-hetero) is 3. The lowest BCUT2D eigenvalue weighted by molar-refractivity contribution is -0.152. The summed E-state index contributed by atoms with van der Waals surface area (Å²) in [6, 6.07) is 3.27. The van der Waals surface area contributed by atoms with Gasteiger partial charge in [0.05, 0.1) is 23.7 Å². The molecule has 0 amide bonds. The molecule has 5 nitrogen and oxygen atoms in total. The number of hydrogen-bond acceptors (Lipinski definition) is 5. The fourth-order valence-electron chi connectivity index (χ4n) is 3.33. The van der Waals surface area contributed by atoms with Crippen LogP contribution in [0.3, 0.4) is 0 Å². The van der Waals surface area contributed by atoms with Gasteiger partial charge in [0.25, 0.3) is 0 Å². The van der Waals surface area contributed by atoms with E-state index in [0.717, 1.165) is 0 Å². The number of rotatable bonds is 3. The third kappa shape index (κ3) is 2.33. The predicted molar refractivity (Wildman–Crippen MR) is 70.0 cm³/mol. The molecule has 1 fully saturated rings. The molecule has 5 heteroatoms. The molecule has 0 radical (unpaired) electrons. The second kappa shape index (κ2) is 4.98. The minimum Gasteiger partial charge on any atom is -0.469 e. The summed E-state index contributed by atoms with van der Waals surface area (Å²) < 4.78 is 5.31. The minimum atomic E-state index is -1.47. The van der Waals surface area contributed by atoms with Crippen LogP contribution in [0.1, 0.15) is 38.9 Å². The van der Waals surface area contributed by atoms with Gasteiger partial charge in [-0.1, -0.05) is 0 Å². The first-order chi connectivity index (χ1) is 9.25. The van der Waals surface area contributed by atoms with E-state index in [2.05, 4.69) is 0 Å². The molecule has 20 heavy (non-hydrogen) atoms. The van der Waals surface area contributed by atoms with E-state index in [1.165, 1.54) is 27.0 Å². The lowest BCUT2D eigenvalue weighted by atomic mass is 9.61. The first-order valence-corrected chi connectivity index (χ1v) is 6.55. The molecule has 1 N–H and O–H groups in total. The zero-order valence-corrected chi connectivity index (χ0v) is 11.8. The first-order valence-electron chi connectivity index (χ1n) is 6.55. The summed E-state index contributed by atoms with van der Waals surface area (Å²) in [6.07, 6.45) is 1.23. The van der Waals surface area contributed by atoms with Crippen LogP contribution in [0.5, 0.6) is 0 Å². The SMILES string of the molecule is CC(=O)[C@H]1C(=O)C[C@](C)(O)[C@H](C(C)=O)[C@@H]1c1ccco1. The van der Waals surface area contributed by atoms with Crippen molar-refractivity contribution >= 4 is 17.3 Å². The molecular formula is C15H18O5. The standard InChI is InChI=1S/C15H18O5/c1-8(16)12-10(18)7-15(3,19)14(9(2)17)13(12)11-5-4-6-20-11/h4-6,12-14,19H,7H2,1-3H3/t12-,13+,14+,15-/m0/s1. The van der Waals surface area contributed by atoms with Crippen LogP contribution in [0.25, 0.3) is 0 Å². The Bertz CT molecular complexity index is 541. The van der Waals surface area contributed by atoms with Crippen molar-refractivity contribution in [2.45, 2.75) is 38.7 Å². The average molecular weight is 278 g/mol. The second-order valence-electron chi connectivity index (χ2n) is 5.72. The maximum atomic E-state index is 12.2. The summed E-state index contributed by atoms with van der Waals surface area (Å²) in [6.45, 7) is 4.15. The van der Waals surface area contributed by atoms with E-state index in [1.54, 1.807) is 12.1 Å². The van der Waals surface area contributed by atoms with Gasteiger partial charge in [0, 0.05) is 12.3 Å². The van der Waals surface area contributed by atoms with Crippen LogP contribution in [0.4, 0.5) is 0 Å². The predicted octanol–water partition coefficient (Wildman–Crippen LogP) is 1.50. The summed E-state index contributed by atoms with van der Waals surface area (Å²) in [5, 5.41) is 10.4. The molecule has 1 saturated carbocycles. The Balaban J connectivity index is 2.58. The Labute approximate surface area is 117 Å². The summed E-state index contributed by atoms with van der Waals surface area (Å²) in [5.41, 5.74) is -1.47. The Kier molecular flexibility index (Phi) is 3.65. The molecule has 1 aromatic rings. The monoisotopic (exact) mass is 278 g/mol. The zero-order chi connectivity index (χ0) is 15.1.